The number of hydrogen-bond donors (Lipinski definition) is 2. The molecule has 0 heterocycles. The second-order valence-electron chi connectivity index (χ2n) is 6.26. The predicted octanol–water partition coefficient (Wildman–Crippen LogP) is 2.95. The molecule has 110 valence electrons. The molecule has 3 atom stereocenters. The minimum Gasteiger partial charge on any atom is -0.351 e. The number of rotatable bonds is 3. The van der Waals surface area contributed by atoms with Gasteiger partial charge in [0.15, 0.2) is 0 Å². The number of carbonyl (C=O) groups excluding carboxylic acids is 1. The van der Waals surface area contributed by atoms with E-state index in [9.17, 15) is 4.79 Å². The van der Waals surface area contributed by atoms with E-state index in [4.69, 9.17) is 5.73 Å². The maximum atomic E-state index is 12.6. The number of carbonyl (C=O) groups is 1. The zero-order valence-electron chi connectivity index (χ0n) is 12.6. The predicted molar refractivity (Wildman–Crippen MR) is 82.2 cm³/mol. The molecule has 3 heteroatoms. The quantitative estimate of drug-likeness (QED) is 0.833. The molecule has 0 aromatic heterocycles. The van der Waals surface area contributed by atoms with E-state index < -0.39 is 5.54 Å². The van der Waals surface area contributed by atoms with Gasteiger partial charge in [0.1, 0.15) is 5.54 Å². The first-order chi connectivity index (χ1) is 9.51. The number of amides is 1. The van der Waals surface area contributed by atoms with Crippen molar-refractivity contribution in [3.63, 3.8) is 0 Å². The maximum absolute atomic E-state index is 12.6. The largest absolute Gasteiger partial charge is 0.351 e. The summed E-state index contributed by atoms with van der Waals surface area (Å²) in [6, 6.07) is 9.86. The monoisotopic (exact) mass is 274 g/mol. The van der Waals surface area contributed by atoms with Crippen molar-refractivity contribution in [1.82, 2.24) is 5.32 Å². The fourth-order valence-corrected chi connectivity index (χ4v) is 2.94. The first kappa shape index (κ1) is 15.0. The molecule has 1 saturated carbocycles. The molecule has 3 unspecified atom stereocenters. The van der Waals surface area contributed by atoms with Crippen LogP contribution in [0.3, 0.4) is 0 Å². The van der Waals surface area contributed by atoms with Crippen LogP contribution in [0.25, 0.3) is 0 Å². The Labute approximate surface area is 121 Å². The average Bonchev–Trinajstić information content (AvgIpc) is 2.65. The summed E-state index contributed by atoms with van der Waals surface area (Å²) >= 11 is 0. The van der Waals surface area contributed by atoms with Crippen LogP contribution in [0.4, 0.5) is 0 Å². The van der Waals surface area contributed by atoms with Crippen LogP contribution in [-0.2, 0) is 10.3 Å². The lowest BCUT2D eigenvalue weighted by molar-refractivity contribution is -0.127. The third-order valence-electron chi connectivity index (χ3n) is 4.52. The molecule has 3 N–H and O–H groups in total. The van der Waals surface area contributed by atoms with E-state index in [-0.39, 0.29) is 11.9 Å². The van der Waals surface area contributed by atoms with Crippen molar-refractivity contribution >= 4 is 5.91 Å². The van der Waals surface area contributed by atoms with Crippen molar-refractivity contribution in [2.24, 2.45) is 11.7 Å². The van der Waals surface area contributed by atoms with Gasteiger partial charge in [0.05, 0.1) is 0 Å². The zero-order chi connectivity index (χ0) is 14.6. The normalized spacial score (nSPS) is 26.4. The number of nitrogens with two attached hydrogens (primary N) is 1. The van der Waals surface area contributed by atoms with Crippen LogP contribution in [0.1, 0.15) is 51.5 Å². The first-order valence-corrected chi connectivity index (χ1v) is 7.67. The van der Waals surface area contributed by atoms with Crippen molar-refractivity contribution < 1.29 is 4.79 Å². The highest BCUT2D eigenvalue weighted by atomic mass is 16.2. The summed E-state index contributed by atoms with van der Waals surface area (Å²) in [6.45, 7) is 4.02. The minimum absolute atomic E-state index is 0.0672. The molecule has 0 radical (unpaired) electrons. The van der Waals surface area contributed by atoms with E-state index in [1.54, 1.807) is 6.92 Å². The Kier molecular flexibility index (Phi) is 4.81. The minimum atomic E-state index is -0.965. The van der Waals surface area contributed by atoms with E-state index in [0.29, 0.717) is 5.92 Å². The summed E-state index contributed by atoms with van der Waals surface area (Å²) in [5.41, 5.74) is 6.17. The lowest BCUT2D eigenvalue weighted by Gasteiger charge is -2.29. The summed E-state index contributed by atoms with van der Waals surface area (Å²) in [5, 5.41) is 3.18. The van der Waals surface area contributed by atoms with E-state index in [1.165, 1.54) is 25.7 Å². The fourth-order valence-electron chi connectivity index (χ4n) is 2.94. The van der Waals surface area contributed by atoms with Gasteiger partial charge in [-0.2, -0.15) is 0 Å². The molecule has 1 fully saturated rings. The summed E-state index contributed by atoms with van der Waals surface area (Å²) in [6.07, 6.45) is 6.00. The molecular formula is C17H26N2O. The van der Waals surface area contributed by atoms with Gasteiger partial charge in [-0.15, -0.1) is 0 Å². The number of benzene rings is 1. The van der Waals surface area contributed by atoms with Crippen molar-refractivity contribution in [2.45, 2.75) is 57.5 Å². The van der Waals surface area contributed by atoms with Crippen molar-refractivity contribution in [3.8, 4) is 0 Å². The van der Waals surface area contributed by atoms with Gasteiger partial charge < -0.3 is 11.1 Å². The van der Waals surface area contributed by atoms with Gasteiger partial charge in [-0.1, -0.05) is 56.5 Å². The van der Waals surface area contributed by atoms with Gasteiger partial charge >= 0.3 is 0 Å². The molecule has 1 aromatic rings. The SMILES string of the molecule is CC1CCCCCC1NC(=O)C(C)(N)c1ccccc1. The second-order valence-corrected chi connectivity index (χ2v) is 6.26. The molecule has 3 nitrogen and oxygen atoms in total. The van der Waals surface area contributed by atoms with E-state index in [2.05, 4.69) is 12.2 Å². The van der Waals surface area contributed by atoms with Gasteiger partial charge in [-0.05, 0) is 31.2 Å². The van der Waals surface area contributed by atoms with E-state index in [0.717, 1.165) is 12.0 Å². The van der Waals surface area contributed by atoms with E-state index in [1.807, 2.05) is 30.3 Å². The Morgan fingerprint density at radius 2 is 1.85 bits per heavy atom. The second kappa shape index (κ2) is 6.40. The molecule has 20 heavy (non-hydrogen) atoms. The van der Waals surface area contributed by atoms with Crippen LogP contribution in [0, 0.1) is 5.92 Å². The van der Waals surface area contributed by atoms with Gasteiger partial charge in [0.2, 0.25) is 5.91 Å². The topological polar surface area (TPSA) is 55.1 Å². The van der Waals surface area contributed by atoms with Crippen LogP contribution in [0.15, 0.2) is 30.3 Å². The summed E-state index contributed by atoms with van der Waals surface area (Å²) < 4.78 is 0. The average molecular weight is 274 g/mol. The van der Waals surface area contributed by atoms with Gasteiger partial charge in [0.25, 0.3) is 0 Å². The lowest BCUT2D eigenvalue weighted by atomic mass is 9.90. The standard InChI is InChI=1S/C17H26N2O/c1-13-9-5-3-8-12-15(13)19-16(20)17(2,18)14-10-6-4-7-11-14/h4,6-7,10-11,13,15H,3,5,8-9,12,18H2,1-2H3,(H,19,20). The molecule has 0 saturated heterocycles. The molecule has 0 bridgehead atoms. The smallest absolute Gasteiger partial charge is 0.244 e. The van der Waals surface area contributed by atoms with Crippen LogP contribution < -0.4 is 11.1 Å². The van der Waals surface area contributed by atoms with Crippen LogP contribution in [0.2, 0.25) is 0 Å². The van der Waals surface area contributed by atoms with Crippen molar-refractivity contribution in [2.75, 3.05) is 0 Å². The Bertz CT molecular complexity index is 442. The molecule has 1 aromatic carbocycles. The van der Waals surface area contributed by atoms with Crippen LogP contribution in [0.5, 0.6) is 0 Å². The zero-order valence-corrected chi connectivity index (χ0v) is 12.6. The number of nitrogens with one attached hydrogen (secondary N) is 1. The summed E-state index contributed by atoms with van der Waals surface area (Å²) in [5.74, 6) is 0.468. The van der Waals surface area contributed by atoms with Crippen LogP contribution in [-0.4, -0.2) is 11.9 Å². The number of hydrogen-bond acceptors (Lipinski definition) is 2. The molecule has 1 aliphatic carbocycles. The molecule has 1 aliphatic rings. The highest BCUT2D eigenvalue weighted by Crippen LogP contribution is 2.24. The highest BCUT2D eigenvalue weighted by Gasteiger charge is 2.33. The van der Waals surface area contributed by atoms with Crippen molar-refractivity contribution in [1.29, 1.82) is 0 Å². The third kappa shape index (κ3) is 3.40. The Morgan fingerprint density at radius 3 is 2.55 bits per heavy atom. The Morgan fingerprint density at radius 1 is 1.20 bits per heavy atom. The third-order valence-corrected chi connectivity index (χ3v) is 4.52. The highest BCUT2D eigenvalue weighted by molar-refractivity contribution is 5.87. The maximum Gasteiger partial charge on any atom is 0.244 e. The van der Waals surface area contributed by atoms with Gasteiger partial charge in [-0.3, -0.25) is 4.79 Å². The van der Waals surface area contributed by atoms with Gasteiger partial charge in [-0.25, -0.2) is 0 Å². The molecule has 0 aliphatic heterocycles. The van der Waals surface area contributed by atoms with Crippen LogP contribution >= 0.6 is 0 Å². The molecule has 0 spiro atoms. The van der Waals surface area contributed by atoms with Gasteiger partial charge in [0, 0.05) is 6.04 Å². The summed E-state index contributed by atoms with van der Waals surface area (Å²) in [4.78, 5) is 12.6. The fraction of sp³-hybridized carbons (Fsp3) is 0.588. The van der Waals surface area contributed by atoms with E-state index >= 15 is 0 Å². The molecular weight excluding hydrogens is 248 g/mol. The first-order valence-electron chi connectivity index (χ1n) is 7.67. The Hall–Kier alpha value is -1.35. The lowest BCUT2D eigenvalue weighted by Crippen LogP contribution is -2.53. The molecule has 2 rings (SSSR count). The Balaban J connectivity index is 2.07. The molecule has 1 amide bonds. The van der Waals surface area contributed by atoms with Crippen molar-refractivity contribution in [3.05, 3.63) is 35.9 Å². The summed E-state index contributed by atoms with van der Waals surface area (Å²) in [7, 11) is 0.